The number of esters is 1. The van der Waals surface area contributed by atoms with Crippen LogP contribution in [0.15, 0.2) is 54.7 Å². The Morgan fingerprint density at radius 2 is 1.74 bits per heavy atom. The number of aliphatic hydroxyl groups excluding tert-OH is 1. The maximum absolute atomic E-state index is 14.3. The Labute approximate surface area is 290 Å². The maximum atomic E-state index is 14.3. The van der Waals surface area contributed by atoms with Crippen LogP contribution in [0.25, 0.3) is 33.4 Å². The van der Waals surface area contributed by atoms with Gasteiger partial charge >= 0.3 is 18.2 Å². The number of ether oxygens (including phenoxy) is 3. The Hall–Kier alpha value is -4.49. The summed E-state index contributed by atoms with van der Waals surface area (Å²) in [6.07, 6.45) is -4.02. The Morgan fingerprint density at radius 1 is 1.02 bits per heavy atom. The van der Waals surface area contributed by atoms with Crippen LogP contribution in [0, 0.1) is 5.41 Å². The fourth-order valence-electron chi connectivity index (χ4n) is 5.75. The van der Waals surface area contributed by atoms with Crippen molar-refractivity contribution in [3.8, 4) is 22.5 Å². The quantitative estimate of drug-likeness (QED) is 0.149. The Kier molecular flexibility index (Phi) is 11.6. The highest BCUT2D eigenvalue weighted by atomic mass is 19.4. The van der Waals surface area contributed by atoms with Crippen LogP contribution in [-0.4, -0.2) is 70.3 Å². The lowest BCUT2D eigenvalue weighted by Crippen LogP contribution is -2.45. The minimum absolute atomic E-state index is 0.00842. The number of nitrogens with zero attached hydrogens (tertiary/aromatic N) is 3. The third-order valence-electron chi connectivity index (χ3n) is 8.11. The lowest BCUT2D eigenvalue weighted by molar-refractivity contribution is -0.143. The lowest BCUT2D eigenvalue weighted by Gasteiger charge is -2.24. The van der Waals surface area contributed by atoms with Gasteiger partial charge in [0.25, 0.3) is 0 Å². The normalized spacial score (nSPS) is 13.6. The van der Waals surface area contributed by atoms with Gasteiger partial charge in [-0.2, -0.15) is 13.2 Å². The molecule has 4 aromatic rings. The molecule has 0 spiro atoms. The van der Waals surface area contributed by atoms with Crippen LogP contribution < -0.4 is 5.32 Å². The molecule has 0 bridgehead atoms. The van der Waals surface area contributed by atoms with Gasteiger partial charge in [0.2, 0.25) is 0 Å². The minimum Gasteiger partial charge on any atom is -0.467 e. The number of hydrogen-bond donors (Lipinski definition) is 2. The van der Waals surface area contributed by atoms with E-state index in [0.29, 0.717) is 50.4 Å². The summed E-state index contributed by atoms with van der Waals surface area (Å²) >= 11 is 0. The summed E-state index contributed by atoms with van der Waals surface area (Å²) in [5, 5.41) is 13.4. The Bertz CT molecular complexity index is 1830. The summed E-state index contributed by atoms with van der Waals surface area (Å²) in [5.41, 5.74) is 2.41. The molecule has 4 rings (SSSR count). The zero-order valence-electron chi connectivity index (χ0n) is 29.6. The monoisotopic (exact) mass is 698 g/mol. The van der Waals surface area contributed by atoms with E-state index in [1.807, 2.05) is 13.8 Å². The molecule has 0 radical (unpaired) electrons. The van der Waals surface area contributed by atoms with Crippen LogP contribution in [-0.2, 0) is 38.4 Å². The van der Waals surface area contributed by atoms with Gasteiger partial charge in [-0.05, 0) is 81.5 Å². The molecule has 3 heterocycles. The van der Waals surface area contributed by atoms with Gasteiger partial charge in [0.1, 0.15) is 18.2 Å². The third kappa shape index (κ3) is 9.39. The number of nitrogens with one attached hydrogen (secondary N) is 1. The molecule has 13 heteroatoms. The van der Waals surface area contributed by atoms with Crippen molar-refractivity contribution in [3.05, 3.63) is 71.7 Å². The fourth-order valence-corrected chi connectivity index (χ4v) is 5.75. The van der Waals surface area contributed by atoms with E-state index in [9.17, 15) is 27.9 Å². The van der Waals surface area contributed by atoms with E-state index in [-0.39, 0.29) is 19.4 Å². The molecule has 3 aromatic heterocycles. The van der Waals surface area contributed by atoms with E-state index in [0.717, 1.165) is 0 Å². The van der Waals surface area contributed by atoms with Crippen molar-refractivity contribution in [2.75, 3.05) is 20.8 Å². The van der Waals surface area contributed by atoms with E-state index in [1.165, 1.54) is 18.8 Å². The SMILES string of the molecule is COC(=O)[C@H](Cc1cccc(-c2ccc3c(c2)c(CC(C)(C)CO)c(-c2cccnc2[C@H](C)OC)n3CC(F)(F)F)n1)NC(=O)OC(C)(C)C. The molecule has 50 heavy (non-hydrogen) atoms. The summed E-state index contributed by atoms with van der Waals surface area (Å²) in [7, 11) is 2.73. The van der Waals surface area contributed by atoms with Gasteiger partial charge in [0, 0.05) is 54.1 Å². The number of methoxy groups -OCH3 is 2. The van der Waals surface area contributed by atoms with Crippen LogP contribution in [0.3, 0.4) is 0 Å². The molecular formula is C37H45F3N4O6. The highest BCUT2D eigenvalue weighted by Gasteiger charge is 2.34. The minimum atomic E-state index is -4.54. The van der Waals surface area contributed by atoms with Crippen LogP contribution in [0.1, 0.15) is 64.6 Å². The number of pyridine rings is 2. The van der Waals surface area contributed by atoms with Crippen molar-refractivity contribution in [3.63, 3.8) is 0 Å². The second-order valence-electron chi connectivity index (χ2n) is 14.0. The third-order valence-corrected chi connectivity index (χ3v) is 8.11. The summed E-state index contributed by atoms with van der Waals surface area (Å²) in [4.78, 5) is 34.3. The topological polar surface area (TPSA) is 125 Å². The largest absolute Gasteiger partial charge is 0.467 e. The number of aliphatic hydroxyl groups is 1. The summed E-state index contributed by atoms with van der Waals surface area (Å²) < 4.78 is 59.8. The lowest BCUT2D eigenvalue weighted by atomic mass is 9.84. The predicted octanol–water partition coefficient (Wildman–Crippen LogP) is 7.20. The van der Waals surface area contributed by atoms with Gasteiger partial charge in [0.05, 0.1) is 30.3 Å². The average Bonchev–Trinajstić information content (AvgIpc) is 3.32. The van der Waals surface area contributed by atoms with Crippen LogP contribution in [0.4, 0.5) is 18.0 Å². The van der Waals surface area contributed by atoms with Crippen molar-refractivity contribution >= 4 is 23.0 Å². The average molecular weight is 699 g/mol. The van der Waals surface area contributed by atoms with E-state index < -0.39 is 47.9 Å². The van der Waals surface area contributed by atoms with Gasteiger partial charge in [-0.25, -0.2) is 9.59 Å². The molecule has 2 N–H and O–H groups in total. The summed E-state index contributed by atoms with van der Waals surface area (Å²) in [6.45, 7) is 9.14. The Balaban J connectivity index is 1.89. The van der Waals surface area contributed by atoms with Crippen molar-refractivity contribution in [2.45, 2.75) is 84.9 Å². The van der Waals surface area contributed by atoms with Crippen LogP contribution in [0.5, 0.6) is 0 Å². The van der Waals surface area contributed by atoms with Gasteiger partial charge in [-0.15, -0.1) is 0 Å². The number of aromatic nitrogens is 3. The van der Waals surface area contributed by atoms with Gasteiger partial charge in [-0.3, -0.25) is 9.97 Å². The highest BCUT2D eigenvalue weighted by Crippen LogP contribution is 2.42. The van der Waals surface area contributed by atoms with E-state index in [4.69, 9.17) is 19.2 Å². The molecule has 270 valence electrons. The molecule has 0 saturated heterocycles. The number of benzene rings is 1. The number of carbonyl (C=O) groups excluding carboxylic acids is 2. The van der Waals surface area contributed by atoms with E-state index in [1.54, 1.807) is 82.4 Å². The van der Waals surface area contributed by atoms with Gasteiger partial charge in [0.15, 0.2) is 0 Å². The summed E-state index contributed by atoms with van der Waals surface area (Å²) in [5.74, 6) is -0.684. The molecule has 0 fully saturated rings. The number of alkyl halides is 3. The second kappa shape index (κ2) is 15.2. The number of fused-ring (bicyclic) bond motifs is 1. The number of alkyl carbamates (subject to hydrolysis) is 1. The molecular weight excluding hydrogens is 653 g/mol. The first-order valence-electron chi connectivity index (χ1n) is 16.2. The van der Waals surface area contributed by atoms with Crippen molar-refractivity contribution in [1.82, 2.24) is 19.9 Å². The molecule has 2 atom stereocenters. The van der Waals surface area contributed by atoms with Crippen LogP contribution in [0.2, 0.25) is 0 Å². The van der Waals surface area contributed by atoms with Crippen molar-refractivity contribution in [2.24, 2.45) is 5.41 Å². The van der Waals surface area contributed by atoms with E-state index in [2.05, 4.69) is 10.3 Å². The number of amides is 1. The molecule has 1 aromatic carbocycles. The van der Waals surface area contributed by atoms with Crippen molar-refractivity contribution in [1.29, 1.82) is 0 Å². The van der Waals surface area contributed by atoms with Crippen LogP contribution >= 0.6 is 0 Å². The molecule has 1 amide bonds. The fraction of sp³-hybridized carbons (Fsp3) is 0.459. The zero-order chi connectivity index (χ0) is 37.0. The van der Waals surface area contributed by atoms with Gasteiger partial charge in [-0.1, -0.05) is 26.0 Å². The maximum Gasteiger partial charge on any atom is 0.408 e. The first kappa shape index (κ1) is 38.3. The van der Waals surface area contributed by atoms with Crippen molar-refractivity contribution < 1.29 is 42.1 Å². The summed E-state index contributed by atoms with van der Waals surface area (Å²) in [6, 6.07) is 12.7. The first-order chi connectivity index (χ1) is 23.4. The van der Waals surface area contributed by atoms with Gasteiger partial charge < -0.3 is 29.2 Å². The second-order valence-corrected chi connectivity index (χ2v) is 14.0. The molecule has 0 aliphatic rings. The first-order valence-corrected chi connectivity index (χ1v) is 16.2. The number of hydrogen-bond acceptors (Lipinski definition) is 8. The molecule has 10 nitrogen and oxygen atoms in total. The smallest absolute Gasteiger partial charge is 0.408 e. The number of rotatable bonds is 12. The highest BCUT2D eigenvalue weighted by molar-refractivity contribution is 5.95. The molecule has 0 aliphatic carbocycles. The van der Waals surface area contributed by atoms with E-state index >= 15 is 0 Å². The Morgan fingerprint density at radius 3 is 2.36 bits per heavy atom. The molecule has 0 aliphatic heterocycles. The standard InChI is InChI=1S/C37H45F3N4O6/c1-22(48-7)31-25(12-10-16-41-31)32-27(19-36(5,6)21-45)26-17-23(14-15-30(26)44(32)20-37(38,39)40)28-13-9-11-24(42-28)18-29(33(46)49-8)43-34(47)50-35(2,3)4/h9-17,22,29,45H,18-21H2,1-8H3,(H,43,47)/t22-,29-/m0/s1. The molecule has 0 saturated carbocycles. The number of carbonyl (C=O) groups is 2. The zero-order valence-corrected chi connectivity index (χ0v) is 29.6. The molecule has 0 unspecified atom stereocenters. The number of halogens is 3. The predicted molar refractivity (Wildman–Crippen MR) is 183 cm³/mol.